The number of piperidine rings is 1. The van der Waals surface area contributed by atoms with Gasteiger partial charge in [0.1, 0.15) is 6.54 Å². The Morgan fingerprint density at radius 3 is 2.38 bits per heavy atom. The quantitative estimate of drug-likeness (QED) is 0.591. The van der Waals surface area contributed by atoms with Gasteiger partial charge in [0.2, 0.25) is 15.9 Å². The molecule has 0 aliphatic carbocycles. The van der Waals surface area contributed by atoms with E-state index in [-0.39, 0.29) is 16.8 Å². The molecular formula is C23H29Cl2N3O3S. The number of nitrogens with one attached hydrogen (secondary N) is 1. The van der Waals surface area contributed by atoms with Crippen molar-refractivity contribution in [3.63, 3.8) is 0 Å². The van der Waals surface area contributed by atoms with E-state index < -0.39 is 22.5 Å². The van der Waals surface area contributed by atoms with Gasteiger partial charge in [0.15, 0.2) is 0 Å². The molecule has 0 radical (unpaired) electrons. The van der Waals surface area contributed by atoms with Gasteiger partial charge in [-0.25, -0.2) is 8.42 Å². The highest BCUT2D eigenvalue weighted by Gasteiger charge is 2.24. The van der Waals surface area contributed by atoms with Crippen molar-refractivity contribution >= 4 is 50.5 Å². The van der Waals surface area contributed by atoms with Gasteiger partial charge in [-0.15, -0.1) is 0 Å². The van der Waals surface area contributed by atoms with Gasteiger partial charge >= 0.3 is 0 Å². The third kappa shape index (κ3) is 6.30. The highest BCUT2D eigenvalue weighted by Crippen LogP contribution is 2.30. The van der Waals surface area contributed by atoms with Crippen LogP contribution in [0.3, 0.4) is 0 Å². The number of sulfonamides is 1. The van der Waals surface area contributed by atoms with E-state index in [0.29, 0.717) is 5.02 Å². The van der Waals surface area contributed by atoms with E-state index in [0.717, 1.165) is 35.1 Å². The maximum Gasteiger partial charge on any atom is 0.241 e. The van der Waals surface area contributed by atoms with Gasteiger partial charge in [-0.2, -0.15) is 0 Å². The van der Waals surface area contributed by atoms with Crippen LogP contribution in [0.2, 0.25) is 10.0 Å². The average Bonchev–Trinajstić information content (AvgIpc) is 2.74. The summed E-state index contributed by atoms with van der Waals surface area (Å²) in [5.74, 6) is 0.335. The lowest BCUT2D eigenvalue weighted by molar-refractivity contribution is -0.120. The lowest BCUT2D eigenvalue weighted by Gasteiger charge is -2.32. The molecule has 2 aromatic carbocycles. The largest absolute Gasteiger partial charge is 0.372 e. The molecule has 1 saturated heterocycles. The van der Waals surface area contributed by atoms with Gasteiger partial charge in [0.25, 0.3) is 0 Å². The van der Waals surface area contributed by atoms with Gasteiger partial charge in [0.05, 0.1) is 23.0 Å². The summed E-state index contributed by atoms with van der Waals surface area (Å²) < 4.78 is 25.6. The first-order valence-corrected chi connectivity index (χ1v) is 13.2. The Hall–Kier alpha value is -1.96. The van der Waals surface area contributed by atoms with Crippen LogP contribution in [0.5, 0.6) is 0 Å². The second-order valence-electron chi connectivity index (χ2n) is 8.42. The minimum atomic E-state index is -3.75. The standard InChI is InChI=1S/C23H29Cl2N3O3S/c1-16-10-12-27(13-11-16)20-7-4-18(5-8-20)17(2)26-23(29)15-28(32(3,30)31)22-14-19(24)6-9-21(22)25/h4-9,14,16-17H,10-13,15H2,1-3H3,(H,26,29). The highest BCUT2D eigenvalue weighted by molar-refractivity contribution is 7.92. The summed E-state index contributed by atoms with van der Waals surface area (Å²) in [7, 11) is -3.75. The van der Waals surface area contributed by atoms with E-state index in [4.69, 9.17) is 23.2 Å². The van der Waals surface area contributed by atoms with Crippen LogP contribution >= 0.6 is 23.2 Å². The normalized spacial score (nSPS) is 16.0. The number of nitrogens with zero attached hydrogens (tertiary/aromatic N) is 2. The minimum Gasteiger partial charge on any atom is -0.372 e. The summed E-state index contributed by atoms with van der Waals surface area (Å²) in [5, 5.41) is 3.40. The van der Waals surface area contributed by atoms with Crippen molar-refractivity contribution in [2.45, 2.75) is 32.7 Å². The number of amides is 1. The molecule has 3 rings (SSSR count). The SMILES string of the molecule is CC1CCN(c2ccc(C(C)NC(=O)CN(c3cc(Cl)ccc3Cl)S(C)(=O)=O)cc2)CC1. The Morgan fingerprint density at radius 2 is 1.78 bits per heavy atom. The maximum atomic E-state index is 12.7. The van der Waals surface area contributed by atoms with Crippen LogP contribution in [-0.2, 0) is 14.8 Å². The maximum absolute atomic E-state index is 12.7. The van der Waals surface area contributed by atoms with Crippen LogP contribution in [0.25, 0.3) is 0 Å². The lowest BCUT2D eigenvalue weighted by atomic mass is 9.98. The van der Waals surface area contributed by atoms with E-state index in [1.165, 1.54) is 30.7 Å². The number of rotatable bonds is 7. The van der Waals surface area contributed by atoms with E-state index in [1.54, 1.807) is 6.07 Å². The molecule has 1 unspecified atom stereocenters. The van der Waals surface area contributed by atoms with E-state index in [9.17, 15) is 13.2 Å². The number of carbonyl (C=O) groups excluding carboxylic acids is 1. The summed E-state index contributed by atoms with van der Waals surface area (Å²) >= 11 is 12.2. The van der Waals surface area contributed by atoms with Crippen molar-refractivity contribution in [3.8, 4) is 0 Å². The molecule has 0 bridgehead atoms. The fraction of sp³-hybridized carbons (Fsp3) is 0.435. The fourth-order valence-electron chi connectivity index (χ4n) is 3.80. The summed E-state index contributed by atoms with van der Waals surface area (Å²) in [4.78, 5) is 15.1. The molecule has 1 N–H and O–H groups in total. The van der Waals surface area contributed by atoms with Gasteiger partial charge in [-0.1, -0.05) is 42.3 Å². The van der Waals surface area contributed by atoms with Gasteiger partial charge in [-0.05, 0) is 61.6 Å². The summed E-state index contributed by atoms with van der Waals surface area (Å²) in [5.41, 5.74) is 2.29. The van der Waals surface area contributed by atoms with Crippen LogP contribution in [0.15, 0.2) is 42.5 Å². The van der Waals surface area contributed by atoms with Crippen molar-refractivity contribution in [1.29, 1.82) is 0 Å². The molecule has 1 heterocycles. The molecule has 174 valence electrons. The molecule has 9 heteroatoms. The Kier molecular flexibility index (Phi) is 7.96. The van der Waals surface area contributed by atoms with Crippen LogP contribution in [0.4, 0.5) is 11.4 Å². The fourth-order valence-corrected chi connectivity index (χ4v) is 5.10. The van der Waals surface area contributed by atoms with Crippen LogP contribution in [0, 0.1) is 5.92 Å². The molecule has 1 aliphatic rings. The Morgan fingerprint density at radius 1 is 1.16 bits per heavy atom. The van der Waals surface area contributed by atoms with Crippen LogP contribution < -0.4 is 14.5 Å². The molecule has 32 heavy (non-hydrogen) atoms. The summed E-state index contributed by atoms with van der Waals surface area (Å²) in [6.07, 6.45) is 3.42. The zero-order valence-electron chi connectivity index (χ0n) is 18.5. The Bertz CT molecular complexity index is 1050. The van der Waals surface area contributed by atoms with Gasteiger partial charge < -0.3 is 10.2 Å². The van der Waals surface area contributed by atoms with E-state index in [2.05, 4.69) is 29.3 Å². The monoisotopic (exact) mass is 497 g/mol. The van der Waals surface area contributed by atoms with Gasteiger partial charge in [0, 0.05) is 23.8 Å². The molecule has 0 saturated carbocycles. The molecular weight excluding hydrogens is 469 g/mol. The smallest absolute Gasteiger partial charge is 0.241 e. The van der Waals surface area contributed by atoms with Crippen molar-refractivity contribution in [2.24, 2.45) is 5.92 Å². The van der Waals surface area contributed by atoms with Crippen molar-refractivity contribution < 1.29 is 13.2 Å². The lowest BCUT2D eigenvalue weighted by Crippen LogP contribution is -2.41. The number of anilines is 2. The molecule has 0 aromatic heterocycles. The van der Waals surface area contributed by atoms with E-state index in [1.807, 2.05) is 19.1 Å². The van der Waals surface area contributed by atoms with Crippen molar-refractivity contribution in [2.75, 3.05) is 35.1 Å². The molecule has 1 atom stereocenters. The average molecular weight is 498 g/mol. The molecule has 6 nitrogen and oxygen atoms in total. The van der Waals surface area contributed by atoms with Crippen molar-refractivity contribution in [3.05, 3.63) is 58.1 Å². The topological polar surface area (TPSA) is 69.7 Å². The summed E-state index contributed by atoms with van der Waals surface area (Å²) in [6.45, 7) is 5.87. The minimum absolute atomic E-state index is 0.171. The molecule has 0 spiro atoms. The van der Waals surface area contributed by atoms with Crippen molar-refractivity contribution in [1.82, 2.24) is 5.32 Å². The predicted octanol–water partition coefficient (Wildman–Crippen LogP) is 4.87. The number of hydrogen-bond acceptors (Lipinski definition) is 4. The highest BCUT2D eigenvalue weighted by atomic mass is 35.5. The summed E-state index contributed by atoms with van der Waals surface area (Å²) in [6, 6.07) is 12.4. The van der Waals surface area contributed by atoms with Crippen LogP contribution in [-0.4, -0.2) is 40.2 Å². The first-order chi connectivity index (χ1) is 15.0. The Labute approximate surface area is 200 Å². The molecule has 1 amide bonds. The third-order valence-electron chi connectivity index (χ3n) is 5.78. The molecule has 1 fully saturated rings. The Balaban J connectivity index is 1.67. The van der Waals surface area contributed by atoms with Crippen LogP contribution in [0.1, 0.15) is 38.3 Å². The zero-order valence-corrected chi connectivity index (χ0v) is 20.8. The number of hydrogen-bond donors (Lipinski definition) is 1. The van der Waals surface area contributed by atoms with Gasteiger partial charge in [-0.3, -0.25) is 9.10 Å². The first kappa shape index (κ1) is 24.7. The molecule has 2 aromatic rings. The van der Waals surface area contributed by atoms with E-state index >= 15 is 0 Å². The number of carbonyl (C=O) groups is 1. The number of benzene rings is 2. The first-order valence-electron chi connectivity index (χ1n) is 10.6. The second-order valence-corrected chi connectivity index (χ2v) is 11.2. The second kappa shape index (κ2) is 10.3. The zero-order chi connectivity index (χ0) is 23.5. The third-order valence-corrected chi connectivity index (χ3v) is 7.46. The molecule has 1 aliphatic heterocycles. The number of halogens is 2. The predicted molar refractivity (Wildman–Crippen MR) is 132 cm³/mol.